The van der Waals surface area contributed by atoms with Gasteiger partial charge in [0.1, 0.15) is 5.82 Å². The number of rotatable bonds is 2. The molecule has 0 bridgehead atoms. The van der Waals surface area contributed by atoms with Crippen LogP contribution in [0.2, 0.25) is 0 Å². The van der Waals surface area contributed by atoms with Crippen molar-refractivity contribution >= 4 is 17.5 Å². The summed E-state index contributed by atoms with van der Waals surface area (Å²) in [5, 5.41) is 6.79. The largest absolute Gasteiger partial charge is 0.368 e. The summed E-state index contributed by atoms with van der Waals surface area (Å²) in [6.07, 6.45) is 0.892. The van der Waals surface area contributed by atoms with Gasteiger partial charge in [0.25, 0.3) is 0 Å². The Hall–Kier alpha value is -2.14. The molecule has 0 saturated heterocycles. The molecule has 1 aromatic heterocycles. The van der Waals surface area contributed by atoms with Crippen molar-refractivity contribution in [2.45, 2.75) is 26.8 Å². The first-order valence-electron chi connectivity index (χ1n) is 6.84. The van der Waals surface area contributed by atoms with E-state index in [1.807, 2.05) is 0 Å². The fraction of sp³-hybridized carbons (Fsp3) is 0.333. The molecule has 1 aromatic carbocycles. The highest BCUT2D eigenvalue weighted by Crippen LogP contribution is 2.28. The number of hydrogen-bond donors (Lipinski definition) is 3. The van der Waals surface area contributed by atoms with Gasteiger partial charge in [0, 0.05) is 30.8 Å². The predicted molar refractivity (Wildman–Crippen MR) is 81.1 cm³/mol. The molecule has 0 atom stereocenters. The Bertz CT molecular complexity index is 631. The maximum Gasteiger partial charge on any atom is 0.222 e. The minimum absolute atomic E-state index is 0.333. The molecule has 4 N–H and O–H groups in total. The number of hydrogen-bond acceptors (Lipinski definition) is 5. The van der Waals surface area contributed by atoms with Crippen molar-refractivity contribution in [3.8, 4) is 0 Å². The number of para-hydroxylation sites is 1. The van der Waals surface area contributed by atoms with E-state index in [4.69, 9.17) is 5.73 Å². The third-order valence-electron chi connectivity index (χ3n) is 3.67. The molecule has 0 fully saturated rings. The molecule has 20 heavy (non-hydrogen) atoms. The second-order valence-corrected chi connectivity index (χ2v) is 5.17. The lowest BCUT2D eigenvalue weighted by Crippen LogP contribution is -2.26. The van der Waals surface area contributed by atoms with E-state index in [9.17, 15) is 0 Å². The number of nitrogen functional groups attached to an aromatic ring is 1. The zero-order chi connectivity index (χ0) is 14.1. The fourth-order valence-electron chi connectivity index (χ4n) is 2.60. The van der Waals surface area contributed by atoms with Gasteiger partial charge in [0.2, 0.25) is 5.95 Å². The molecule has 2 heterocycles. The van der Waals surface area contributed by atoms with Gasteiger partial charge in [-0.1, -0.05) is 18.2 Å². The Morgan fingerprint density at radius 1 is 1.20 bits per heavy atom. The number of nitrogens with zero attached hydrogens (tertiary/aromatic N) is 2. The van der Waals surface area contributed by atoms with Crippen LogP contribution in [-0.2, 0) is 13.0 Å². The van der Waals surface area contributed by atoms with E-state index in [-0.39, 0.29) is 0 Å². The van der Waals surface area contributed by atoms with E-state index in [1.54, 1.807) is 0 Å². The third-order valence-corrected chi connectivity index (χ3v) is 3.67. The second-order valence-electron chi connectivity index (χ2n) is 5.17. The Morgan fingerprint density at radius 3 is 2.70 bits per heavy atom. The van der Waals surface area contributed by atoms with Gasteiger partial charge in [0.15, 0.2) is 0 Å². The molecule has 3 rings (SSSR count). The molecule has 104 valence electrons. The van der Waals surface area contributed by atoms with Gasteiger partial charge in [-0.25, -0.2) is 4.98 Å². The monoisotopic (exact) mass is 269 g/mol. The van der Waals surface area contributed by atoms with E-state index in [0.29, 0.717) is 5.95 Å². The summed E-state index contributed by atoms with van der Waals surface area (Å²) in [6, 6.07) is 6.23. The summed E-state index contributed by atoms with van der Waals surface area (Å²) >= 11 is 0. The van der Waals surface area contributed by atoms with Gasteiger partial charge in [-0.2, -0.15) is 4.98 Å². The first-order valence-corrected chi connectivity index (χ1v) is 6.84. The van der Waals surface area contributed by atoms with E-state index >= 15 is 0 Å². The zero-order valence-corrected chi connectivity index (χ0v) is 11.8. The van der Waals surface area contributed by atoms with Crippen LogP contribution in [0.15, 0.2) is 18.2 Å². The summed E-state index contributed by atoms with van der Waals surface area (Å²) in [5.41, 5.74) is 11.5. The molecule has 0 spiro atoms. The molecular weight excluding hydrogens is 250 g/mol. The highest BCUT2D eigenvalue weighted by Gasteiger charge is 2.17. The number of benzene rings is 1. The second kappa shape index (κ2) is 5.09. The Kier molecular flexibility index (Phi) is 3.28. The number of nitrogens with one attached hydrogen (secondary N) is 2. The summed E-state index contributed by atoms with van der Waals surface area (Å²) in [7, 11) is 0. The molecule has 0 amide bonds. The van der Waals surface area contributed by atoms with Crippen molar-refractivity contribution < 1.29 is 0 Å². The van der Waals surface area contributed by atoms with Crippen molar-refractivity contribution in [3.05, 3.63) is 40.6 Å². The Labute approximate surface area is 118 Å². The van der Waals surface area contributed by atoms with E-state index in [0.717, 1.165) is 42.3 Å². The van der Waals surface area contributed by atoms with Crippen molar-refractivity contribution in [2.24, 2.45) is 0 Å². The van der Waals surface area contributed by atoms with Gasteiger partial charge in [-0.3, -0.25) is 0 Å². The number of fused-ring (bicyclic) bond motifs is 1. The van der Waals surface area contributed by atoms with Crippen LogP contribution < -0.4 is 16.4 Å². The van der Waals surface area contributed by atoms with Gasteiger partial charge < -0.3 is 16.4 Å². The minimum atomic E-state index is 0.333. The van der Waals surface area contributed by atoms with Crippen LogP contribution in [0.25, 0.3) is 0 Å². The Morgan fingerprint density at radius 2 is 1.95 bits per heavy atom. The topological polar surface area (TPSA) is 75.9 Å². The van der Waals surface area contributed by atoms with E-state index in [1.165, 1.54) is 11.1 Å². The molecule has 0 unspecified atom stereocenters. The third kappa shape index (κ3) is 2.32. The zero-order valence-electron chi connectivity index (χ0n) is 11.8. The lowest BCUT2D eigenvalue weighted by Gasteiger charge is -2.21. The summed E-state index contributed by atoms with van der Waals surface area (Å²) in [5.74, 6) is 1.15. The van der Waals surface area contributed by atoms with E-state index < -0.39 is 0 Å². The molecule has 5 nitrogen and oxygen atoms in total. The van der Waals surface area contributed by atoms with Crippen LogP contribution in [0.4, 0.5) is 17.5 Å². The van der Waals surface area contributed by atoms with Crippen LogP contribution in [0, 0.1) is 13.8 Å². The minimum Gasteiger partial charge on any atom is -0.368 e. The van der Waals surface area contributed by atoms with Crippen LogP contribution in [0.3, 0.4) is 0 Å². The summed E-state index contributed by atoms with van der Waals surface area (Å²) in [4.78, 5) is 8.73. The Balaban J connectivity index is 2.04. The van der Waals surface area contributed by atoms with Gasteiger partial charge in [-0.15, -0.1) is 0 Å². The van der Waals surface area contributed by atoms with Gasteiger partial charge in [0.05, 0.1) is 5.69 Å². The molecule has 0 aliphatic carbocycles. The quantitative estimate of drug-likeness (QED) is 0.778. The first-order chi connectivity index (χ1) is 9.65. The molecule has 0 radical (unpaired) electrons. The average molecular weight is 269 g/mol. The number of aryl methyl sites for hydroxylation is 2. The fourth-order valence-corrected chi connectivity index (χ4v) is 2.60. The molecule has 5 heteroatoms. The highest BCUT2D eigenvalue weighted by atomic mass is 15.1. The lowest BCUT2D eigenvalue weighted by molar-refractivity contribution is 0.629. The smallest absolute Gasteiger partial charge is 0.222 e. The van der Waals surface area contributed by atoms with Crippen molar-refractivity contribution in [1.82, 2.24) is 15.3 Å². The number of aromatic nitrogens is 2. The number of anilines is 3. The molecule has 0 saturated carbocycles. The van der Waals surface area contributed by atoms with Crippen molar-refractivity contribution in [1.29, 1.82) is 0 Å². The van der Waals surface area contributed by atoms with Gasteiger partial charge >= 0.3 is 0 Å². The predicted octanol–water partition coefficient (Wildman–Crippen LogP) is 2.06. The summed E-state index contributed by atoms with van der Waals surface area (Å²) in [6.45, 7) is 5.89. The maximum absolute atomic E-state index is 5.83. The highest BCUT2D eigenvalue weighted by molar-refractivity contribution is 5.67. The van der Waals surface area contributed by atoms with Crippen LogP contribution in [-0.4, -0.2) is 16.5 Å². The van der Waals surface area contributed by atoms with Crippen molar-refractivity contribution in [2.75, 3.05) is 17.6 Å². The average Bonchev–Trinajstić information content (AvgIpc) is 2.42. The van der Waals surface area contributed by atoms with Gasteiger partial charge in [-0.05, 0) is 25.0 Å². The molecular formula is C15H19N5. The molecule has 1 aliphatic rings. The maximum atomic E-state index is 5.83. The normalized spacial score (nSPS) is 13.9. The molecule has 2 aromatic rings. The van der Waals surface area contributed by atoms with Crippen LogP contribution >= 0.6 is 0 Å². The first kappa shape index (κ1) is 12.9. The van der Waals surface area contributed by atoms with Crippen molar-refractivity contribution in [3.63, 3.8) is 0 Å². The molecule has 1 aliphatic heterocycles. The van der Waals surface area contributed by atoms with Crippen LogP contribution in [0.5, 0.6) is 0 Å². The van der Waals surface area contributed by atoms with E-state index in [2.05, 4.69) is 52.6 Å². The summed E-state index contributed by atoms with van der Waals surface area (Å²) < 4.78 is 0. The lowest BCUT2D eigenvalue weighted by atomic mass is 10.1. The van der Waals surface area contributed by atoms with Crippen LogP contribution in [0.1, 0.15) is 22.4 Å². The number of nitrogens with two attached hydrogens (primary N) is 1. The standard InChI is InChI=1S/C15H19N5/c1-9-4-3-5-10(2)13(9)19-14-11-8-17-7-6-12(11)18-15(16)20-14/h3-5,17H,6-8H2,1-2H3,(H3,16,18,19,20). The SMILES string of the molecule is Cc1cccc(C)c1Nc1nc(N)nc2c1CNCC2.